The molecule has 1 heterocycles. The minimum absolute atomic E-state index is 0.0368. The van der Waals surface area contributed by atoms with Gasteiger partial charge in [0.05, 0.1) is 0 Å². The molecule has 0 unspecified atom stereocenters. The Morgan fingerprint density at radius 2 is 1.89 bits per heavy atom. The minimum atomic E-state index is -0.744. The van der Waals surface area contributed by atoms with Gasteiger partial charge < -0.3 is 10.2 Å². The summed E-state index contributed by atoms with van der Waals surface area (Å²) in [5.41, 5.74) is 1.72. The van der Waals surface area contributed by atoms with E-state index in [-0.39, 0.29) is 5.91 Å². The zero-order chi connectivity index (χ0) is 13.0. The summed E-state index contributed by atoms with van der Waals surface area (Å²) in [6.07, 6.45) is 0. The number of hydrogen-bond acceptors (Lipinski definition) is 3. The normalized spacial score (nSPS) is 16.6. The van der Waals surface area contributed by atoms with Gasteiger partial charge in [-0.15, -0.1) is 0 Å². The number of anilines is 1. The van der Waals surface area contributed by atoms with Crippen molar-refractivity contribution in [3.05, 3.63) is 29.8 Å². The van der Waals surface area contributed by atoms with Crippen molar-refractivity contribution in [3.63, 3.8) is 0 Å². The molecular weight excluding hydrogens is 248 g/mol. The van der Waals surface area contributed by atoms with Crippen LogP contribution in [0.5, 0.6) is 0 Å². The van der Waals surface area contributed by atoms with E-state index >= 15 is 0 Å². The maximum absolute atomic E-state index is 12.2. The first kappa shape index (κ1) is 13.1. The molecule has 0 aliphatic carbocycles. The molecule has 0 aromatic heterocycles. The lowest BCUT2D eigenvalue weighted by Gasteiger charge is -2.26. The fourth-order valence-corrected chi connectivity index (χ4v) is 3.01. The molecule has 1 saturated heterocycles. The highest BCUT2D eigenvalue weighted by atomic mass is 32.2. The number of carbonyl (C=O) groups excluding carboxylic acids is 1. The summed E-state index contributed by atoms with van der Waals surface area (Å²) in [6.45, 7) is 4.10. The molecule has 0 atom stereocenters. The highest BCUT2D eigenvalue weighted by Gasteiger charge is 2.20. The molecule has 0 radical (unpaired) electrons. The van der Waals surface area contributed by atoms with Gasteiger partial charge in [0.1, 0.15) is 0 Å². The summed E-state index contributed by atoms with van der Waals surface area (Å²) in [5.74, 6) is 1.23. The van der Waals surface area contributed by atoms with E-state index in [4.69, 9.17) is 0 Å². The molecular formula is C13H18N2O2S. The van der Waals surface area contributed by atoms with Gasteiger partial charge in [-0.05, 0) is 31.2 Å². The van der Waals surface area contributed by atoms with Crippen LogP contribution in [0.25, 0.3) is 0 Å². The molecule has 98 valence electrons. The third kappa shape index (κ3) is 3.10. The zero-order valence-corrected chi connectivity index (χ0v) is 11.3. The molecule has 0 spiro atoms. The molecule has 5 heteroatoms. The molecule has 1 aliphatic rings. The second-order valence-corrected chi connectivity index (χ2v) is 5.94. The van der Waals surface area contributed by atoms with Gasteiger partial charge in [0.2, 0.25) is 0 Å². The van der Waals surface area contributed by atoms with Gasteiger partial charge in [-0.3, -0.25) is 9.00 Å². The van der Waals surface area contributed by atoms with E-state index in [1.54, 1.807) is 4.90 Å². The first-order chi connectivity index (χ1) is 8.70. The molecule has 1 aromatic rings. The lowest BCUT2D eigenvalue weighted by molar-refractivity contribution is 0.0771. The molecule has 1 aliphatic heterocycles. The number of nitrogens with one attached hydrogen (secondary N) is 1. The summed E-state index contributed by atoms with van der Waals surface area (Å²) in [7, 11) is -0.744. The summed E-state index contributed by atoms with van der Waals surface area (Å²) < 4.78 is 11.2. The molecule has 4 nitrogen and oxygen atoms in total. The number of carbonyl (C=O) groups is 1. The van der Waals surface area contributed by atoms with Crippen molar-refractivity contribution < 1.29 is 9.00 Å². The lowest BCUT2D eigenvalue weighted by atomic mass is 10.2. The van der Waals surface area contributed by atoms with Crippen molar-refractivity contribution in [2.24, 2.45) is 0 Å². The lowest BCUT2D eigenvalue weighted by Crippen LogP contribution is -2.41. The first-order valence-electron chi connectivity index (χ1n) is 6.19. The second-order valence-electron chi connectivity index (χ2n) is 4.25. The van der Waals surface area contributed by atoms with E-state index in [1.165, 1.54) is 0 Å². The van der Waals surface area contributed by atoms with E-state index in [9.17, 15) is 9.00 Å². The maximum Gasteiger partial charge on any atom is 0.253 e. The molecule has 0 saturated carbocycles. The summed E-state index contributed by atoms with van der Waals surface area (Å²) in [6, 6.07) is 7.51. The highest BCUT2D eigenvalue weighted by Crippen LogP contribution is 2.12. The SMILES string of the molecule is CCNc1ccc(C(=O)N2CCS(=O)CC2)cc1. The van der Waals surface area contributed by atoms with Crippen LogP contribution >= 0.6 is 0 Å². The quantitative estimate of drug-likeness (QED) is 0.897. The number of amides is 1. The van der Waals surface area contributed by atoms with Crippen LogP contribution in [0.4, 0.5) is 5.69 Å². The Morgan fingerprint density at radius 3 is 2.44 bits per heavy atom. The van der Waals surface area contributed by atoms with Gasteiger partial charge in [0, 0.05) is 53.2 Å². The monoisotopic (exact) mass is 266 g/mol. The van der Waals surface area contributed by atoms with Crippen LogP contribution in [-0.2, 0) is 10.8 Å². The fraction of sp³-hybridized carbons (Fsp3) is 0.462. The Labute approximate surface area is 110 Å². The first-order valence-corrected chi connectivity index (χ1v) is 7.67. The van der Waals surface area contributed by atoms with E-state index in [0.717, 1.165) is 12.2 Å². The Kier molecular flexibility index (Phi) is 4.36. The smallest absolute Gasteiger partial charge is 0.253 e. The van der Waals surface area contributed by atoms with E-state index in [0.29, 0.717) is 30.2 Å². The van der Waals surface area contributed by atoms with Crippen molar-refractivity contribution in [2.75, 3.05) is 36.5 Å². The van der Waals surface area contributed by atoms with E-state index < -0.39 is 10.8 Å². The van der Waals surface area contributed by atoms with E-state index in [2.05, 4.69) is 5.32 Å². The van der Waals surface area contributed by atoms with Gasteiger partial charge in [-0.1, -0.05) is 0 Å². The van der Waals surface area contributed by atoms with E-state index in [1.807, 2.05) is 31.2 Å². The second kappa shape index (κ2) is 6.00. The Morgan fingerprint density at radius 1 is 1.28 bits per heavy atom. The minimum Gasteiger partial charge on any atom is -0.385 e. The zero-order valence-electron chi connectivity index (χ0n) is 10.5. The van der Waals surface area contributed by atoms with Crippen molar-refractivity contribution in [3.8, 4) is 0 Å². The van der Waals surface area contributed by atoms with Gasteiger partial charge in [-0.25, -0.2) is 0 Å². The number of hydrogen-bond donors (Lipinski definition) is 1. The topological polar surface area (TPSA) is 49.4 Å². The van der Waals surface area contributed by atoms with Gasteiger partial charge in [0.15, 0.2) is 0 Å². The standard InChI is InChI=1S/C13H18N2O2S/c1-2-14-12-5-3-11(4-6-12)13(16)15-7-9-18(17)10-8-15/h3-6,14H,2,7-10H2,1H3. The Balaban J connectivity index is 2.02. The predicted octanol–water partition coefficient (Wildman–Crippen LogP) is 1.32. The average Bonchev–Trinajstić information content (AvgIpc) is 2.40. The van der Waals surface area contributed by atoms with Crippen molar-refractivity contribution in [1.82, 2.24) is 4.90 Å². The molecule has 1 N–H and O–H groups in total. The molecule has 18 heavy (non-hydrogen) atoms. The van der Waals surface area contributed by atoms with Crippen LogP contribution in [0.3, 0.4) is 0 Å². The van der Waals surface area contributed by atoms with Gasteiger partial charge >= 0.3 is 0 Å². The van der Waals surface area contributed by atoms with Crippen LogP contribution in [0.15, 0.2) is 24.3 Å². The largest absolute Gasteiger partial charge is 0.385 e. The number of benzene rings is 1. The van der Waals surface area contributed by atoms with Crippen LogP contribution in [0.2, 0.25) is 0 Å². The van der Waals surface area contributed by atoms with Crippen molar-refractivity contribution >= 4 is 22.4 Å². The van der Waals surface area contributed by atoms with Crippen LogP contribution in [-0.4, -0.2) is 46.2 Å². The summed E-state index contributed by atoms with van der Waals surface area (Å²) >= 11 is 0. The van der Waals surface area contributed by atoms with Gasteiger partial charge in [-0.2, -0.15) is 0 Å². The fourth-order valence-electron chi connectivity index (χ4n) is 1.96. The molecule has 0 bridgehead atoms. The molecule has 1 aromatic carbocycles. The Hall–Kier alpha value is -1.36. The molecule has 2 rings (SSSR count). The summed E-state index contributed by atoms with van der Waals surface area (Å²) in [5, 5.41) is 3.19. The van der Waals surface area contributed by atoms with Crippen LogP contribution < -0.4 is 5.32 Å². The average molecular weight is 266 g/mol. The van der Waals surface area contributed by atoms with Crippen LogP contribution in [0, 0.1) is 0 Å². The van der Waals surface area contributed by atoms with Crippen LogP contribution in [0.1, 0.15) is 17.3 Å². The van der Waals surface area contributed by atoms with Crippen molar-refractivity contribution in [2.45, 2.75) is 6.92 Å². The number of nitrogens with zero attached hydrogens (tertiary/aromatic N) is 1. The highest BCUT2D eigenvalue weighted by molar-refractivity contribution is 7.85. The third-order valence-electron chi connectivity index (χ3n) is 2.98. The molecule has 1 amide bonds. The summed E-state index contributed by atoms with van der Waals surface area (Å²) in [4.78, 5) is 14.0. The van der Waals surface area contributed by atoms with Gasteiger partial charge in [0.25, 0.3) is 5.91 Å². The third-order valence-corrected chi connectivity index (χ3v) is 4.25. The van der Waals surface area contributed by atoms with Crippen molar-refractivity contribution in [1.29, 1.82) is 0 Å². The molecule has 1 fully saturated rings. The predicted molar refractivity (Wildman–Crippen MR) is 74.4 cm³/mol. The number of rotatable bonds is 3. The maximum atomic E-state index is 12.2. The Bertz CT molecular complexity index is 435.